The number of anilines is 1. The first-order valence-electron chi connectivity index (χ1n) is 9.73. The van der Waals surface area contributed by atoms with Crippen molar-refractivity contribution in [2.45, 2.75) is 50.7 Å². The van der Waals surface area contributed by atoms with Gasteiger partial charge in [0, 0.05) is 18.1 Å². The number of halogens is 1. The second kappa shape index (κ2) is 7.72. The maximum Gasteiger partial charge on any atom is 0.258 e. The average Bonchev–Trinajstić information content (AvgIpc) is 3.01. The molecule has 28 heavy (non-hydrogen) atoms. The molecule has 4 rings (SSSR count). The quantitative estimate of drug-likeness (QED) is 0.760. The largest absolute Gasteiger partial charge is 0.349 e. The highest BCUT2D eigenvalue weighted by atomic mass is 19.1. The van der Waals surface area contributed by atoms with Crippen LogP contribution in [0.25, 0.3) is 0 Å². The molecule has 0 saturated carbocycles. The van der Waals surface area contributed by atoms with E-state index in [4.69, 9.17) is 0 Å². The highest BCUT2D eigenvalue weighted by molar-refractivity contribution is 6.09. The predicted molar refractivity (Wildman–Crippen MR) is 106 cm³/mol. The molecule has 0 spiro atoms. The molecule has 2 saturated heterocycles. The maximum absolute atomic E-state index is 13.9. The van der Waals surface area contributed by atoms with Crippen molar-refractivity contribution in [3.05, 3.63) is 65.0 Å². The van der Waals surface area contributed by atoms with E-state index in [0.29, 0.717) is 23.3 Å². The number of nitrogens with one attached hydrogen (secondary N) is 3. The number of piperidine rings is 1. The van der Waals surface area contributed by atoms with Crippen molar-refractivity contribution in [1.29, 1.82) is 0 Å². The summed E-state index contributed by atoms with van der Waals surface area (Å²) in [6, 6.07) is 12.2. The van der Waals surface area contributed by atoms with Crippen LogP contribution >= 0.6 is 0 Å². The van der Waals surface area contributed by atoms with E-state index >= 15 is 0 Å². The maximum atomic E-state index is 13.9. The van der Waals surface area contributed by atoms with Crippen LogP contribution in [0.15, 0.2) is 42.5 Å². The van der Waals surface area contributed by atoms with Crippen LogP contribution in [0.1, 0.15) is 52.0 Å². The zero-order valence-electron chi connectivity index (χ0n) is 15.8. The molecule has 146 valence electrons. The number of aryl methyl sites for hydroxylation is 1. The first-order valence-corrected chi connectivity index (χ1v) is 9.73. The Morgan fingerprint density at radius 2 is 1.64 bits per heavy atom. The molecule has 5 nitrogen and oxygen atoms in total. The Bertz CT molecular complexity index is 902. The number of carbonyl (C=O) groups is 2. The summed E-state index contributed by atoms with van der Waals surface area (Å²) in [5, 5.41) is 9.42. The van der Waals surface area contributed by atoms with E-state index in [1.165, 1.54) is 18.2 Å². The first-order chi connectivity index (χ1) is 13.5. The zero-order chi connectivity index (χ0) is 19.7. The Labute approximate surface area is 163 Å². The molecular weight excluding hydrogens is 357 g/mol. The van der Waals surface area contributed by atoms with E-state index in [2.05, 4.69) is 16.0 Å². The summed E-state index contributed by atoms with van der Waals surface area (Å²) < 4.78 is 13.9. The van der Waals surface area contributed by atoms with Gasteiger partial charge in [-0.1, -0.05) is 24.3 Å². The SMILES string of the molecule is Cc1cccc(C(=O)NC2CC3CCC(C2)N3)c1NC(=O)c1ccccc1F. The fourth-order valence-corrected chi connectivity index (χ4v) is 4.29. The number of hydrogen-bond acceptors (Lipinski definition) is 3. The van der Waals surface area contributed by atoms with Gasteiger partial charge in [-0.3, -0.25) is 9.59 Å². The predicted octanol–water partition coefficient (Wildman–Crippen LogP) is 3.40. The lowest BCUT2D eigenvalue weighted by molar-refractivity contribution is 0.0925. The van der Waals surface area contributed by atoms with Gasteiger partial charge in [-0.05, 0) is 56.4 Å². The van der Waals surface area contributed by atoms with Gasteiger partial charge in [-0.2, -0.15) is 0 Å². The summed E-state index contributed by atoms with van der Waals surface area (Å²) in [6.45, 7) is 1.82. The minimum absolute atomic E-state index is 0.0490. The van der Waals surface area contributed by atoms with Gasteiger partial charge in [0.15, 0.2) is 0 Å². The van der Waals surface area contributed by atoms with Crippen LogP contribution in [0, 0.1) is 12.7 Å². The molecule has 2 unspecified atom stereocenters. The number of rotatable bonds is 4. The second-order valence-electron chi connectivity index (χ2n) is 7.71. The van der Waals surface area contributed by atoms with Gasteiger partial charge in [-0.15, -0.1) is 0 Å². The van der Waals surface area contributed by atoms with Crippen molar-refractivity contribution >= 4 is 17.5 Å². The summed E-state index contributed by atoms with van der Waals surface area (Å²) in [6.07, 6.45) is 4.16. The van der Waals surface area contributed by atoms with Gasteiger partial charge in [0.1, 0.15) is 5.82 Å². The van der Waals surface area contributed by atoms with Crippen LogP contribution in [-0.2, 0) is 0 Å². The van der Waals surface area contributed by atoms with E-state index in [9.17, 15) is 14.0 Å². The Kier molecular flexibility index (Phi) is 5.13. The molecular formula is C22H24FN3O2. The van der Waals surface area contributed by atoms with Gasteiger partial charge >= 0.3 is 0 Å². The molecule has 0 radical (unpaired) electrons. The van der Waals surface area contributed by atoms with Gasteiger partial charge in [0.2, 0.25) is 0 Å². The Balaban J connectivity index is 1.53. The fraction of sp³-hybridized carbons (Fsp3) is 0.364. The molecule has 2 aromatic rings. The third-order valence-corrected chi connectivity index (χ3v) is 5.68. The van der Waals surface area contributed by atoms with Crippen molar-refractivity contribution in [2.24, 2.45) is 0 Å². The Hall–Kier alpha value is -2.73. The van der Waals surface area contributed by atoms with Gasteiger partial charge in [0.25, 0.3) is 11.8 Å². The zero-order valence-corrected chi connectivity index (χ0v) is 15.8. The minimum atomic E-state index is -0.593. The van der Waals surface area contributed by atoms with E-state index in [1.807, 2.05) is 13.0 Å². The minimum Gasteiger partial charge on any atom is -0.349 e. The van der Waals surface area contributed by atoms with Crippen LogP contribution in [0.5, 0.6) is 0 Å². The third-order valence-electron chi connectivity index (χ3n) is 5.68. The fourth-order valence-electron chi connectivity index (χ4n) is 4.29. The summed E-state index contributed by atoms with van der Waals surface area (Å²) in [5.41, 5.74) is 1.52. The van der Waals surface area contributed by atoms with Crippen LogP contribution in [0.4, 0.5) is 10.1 Å². The molecule has 3 N–H and O–H groups in total. The van der Waals surface area contributed by atoms with Crippen molar-refractivity contribution in [3.63, 3.8) is 0 Å². The second-order valence-corrected chi connectivity index (χ2v) is 7.71. The van der Waals surface area contributed by atoms with Crippen molar-refractivity contribution < 1.29 is 14.0 Å². The lowest BCUT2D eigenvalue weighted by Gasteiger charge is -2.30. The van der Waals surface area contributed by atoms with Crippen LogP contribution in [-0.4, -0.2) is 29.9 Å². The number of carbonyl (C=O) groups excluding carboxylic acids is 2. The van der Waals surface area contributed by atoms with Crippen LogP contribution in [0.3, 0.4) is 0 Å². The molecule has 2 atom stereocenters. The van der Waals surface area contributed by atoms with E-state index in [-0.39, 0.29) is 17.5 Å². The number of fused-ring (bicyclic) bond motifs is 2. The summed E-state index contributed by atoms with van der Waals surface area (Å²) in [4.78, 5) is 25.5. The monoisotopic (exact) mass is 381 g/mol. The topological polar surface area (TPSA) is 70.2 Å². The molecule has 2 fully saturated rings. The normalized spacial score (nSPS) is 23.3. The van der Waals surface area contributed by atoms with Crippen molar-refractivity contribution in [3.8, 4) is 0 Å². The number of hydrogen-bond donors (Lipinski definition) is 3. The standard InChI is InChI=1S/C22H24FN3O2/c1-13-5-4-7-18(20(13)26-21(27)17-6-2-3-8-19(17)23)22(28)25-16-11-14-9-10-15(12-16)24-14/h2-8,14-16,24H,9-12H2,1H3,(H,25,28)(H,26,27). The summed E-state index contributed by atoms with van der Waals surface area (Å²) in [7, 11) is 0. The average molecular weight is 381 g/mol. The van der Waals surface area contributed by atoms with Crippen molar-refractivity contribution in [2.75, 3.05) is 5.32 Å². The summed E-state index contributed by atoms with van der Waals surface area (Å²) >= 11 is 0. The number of amides is 2. The lowest BCUT2D eigenvalue weighted by Crippen LogP contribution is -2.48. The number of benzene rings is 2. The third kappa shape index (κ3) is 3.78. The lowest BCUT2D eigenvalue weighted by atomic mass is 9.99. The molecule has 2 aromatic carbocycles. The molecule has 0 aliphatic carbocycles. The highest BCUT2D eigenvalue weighted by Crippen LogP contribution is 2.28. The van der Waals surface area contributed by atoms with E-state index in [0.717, 1.165) is 31.2 Å². The smallest absolute Gasteiger partial charge is 0.258 e. The Morgan fingerprint density at radius 3 is 2.36 bits per heavy atom. The van der Waals surface area contributed by atoms with Gasteiger partial charge in [-0.25, -0.2) is 4.39 Å². The molecule has 2 aliphatic heterocycles. The van der Waals surface area contributed by atoms with Crippen LogP contribution in [0.2, 0.25) is 0 Å². The number of para-hydroxylation sites is 1. The van der Waals surface area contributed by atoms with E-state index < -0.39 is 11.7 Å². The Morgan fingerprint density at radius 1 is 0.964 bits per heavy atom. The highest BCUT2D eigenvalue weighted by Gasteiger charge is 2.34. The molecule has 2 heterocycles. The van der Waals surface area contributed by atoms with E-state index in [1.54, 1.807) is 18.2 Å². The molecule has 0 aromatic heterocycles. The van der Waals surface area contributed by atoms with Crippen LogP contribution < -0.4 is 16.0 Å². The molecule has 2 bridgehead atoms. The first kappa shape index (κ1) is 18.6. The molecule has 2 amide bonds. The van der Waals surface area contributed by atoms with Crippen molar-refractivity contribution in [1.82, 2.24) is 10.6 Å². The summed E-state index contributed by atoms with van der Waals surface area (Å²) in [5.74, 6) is -1.37. The van der Waals surface area contributed by atoms with Gasteiger partial charge < -0.3 is 16.0 Å². The molecule has 6 heteroatoms. The molecule has 2 aliphatic rings. The van der Waals surface area contributed by atoms with Gasteiger partial charge in [0.05, 0.1) is 16.8 Å².